The van der Waals surface area contributed by atoms with Gasteiger partial charge in [0.1, 0.15) is 12.5 Å². The summed E-state index contributed by atoms with van der Waals surface area (Å²) in [6, 6.07) is 6.06. The molecule has 0 bridgehead atoms. The van der Waals surface area contributed by atoms with Crippen LogP contribution < -0.4 is 0 Å². The van der Waals surface area contributed by atoms with Crippen molar-refractivity contribution in [2.45, 2.75) is 19.8 Å². The molecule has 1 aromatic rings. The van der Waals surface area contributed by atoms with Crippen LogP contribution in [0.3, 0.4) is 0 Å². The van der Waals surface area contributed by atoms with Crippen molar-refractivity contribution in [3.05, 3.63) is 34.9 Å². The first-order chi connectivity index (χ1) is 6.20. The van der Waals surface area contributed by atoms with Crippen molar-refractivity contribution >= 4 is 5.97 Å². The Labute approximate surface area is 77.5 Å². The molecule has 1 aliphatic rings. The minimum atomic E-state index is -0.0892. The summed E-state index contributed by atoms with van der Waals surface area (Å²) < 4.78 is 4.75. The third-order valence-electron chi connectivity index (χ3n) is 2.70. The van der Waals surface area contributed by atoms with E-state index in [1.54, 1.807) is 0 Å². The molecule has 1 fully saturated rings. The van der Waals surface area contributed by atoms with Crippen LogP contribution in [0.25, 0.3) is 0 Å². The largest absolute Gasteiger partial charge is 0.464 e. The van der Waals surface area contributed by atoms with Gasteiger partial charge in [0.15, 0.2) is 0 Å². The van der Waals surface area contributed by atoms with Crippen LogP contribution in [0.4, 0.5) is 0 Å². The molecular formula is C11H12O2. The number of benzene rings is 1. The van der Waals surface area contributed by atoms with E-state index < -0.39 is 0 Å². The first-order valence-electron chi connectivity index (χ1n) is 4.43. The summed E-state index contributed by atoms with van der Waals surface area (Å²) in [5.41, 5.74) is 3.57. The minimum Gasteiger partial charge on any atom is -0.464 e. The molecule has 2 nitrogen and oxygen atoms in total. The highest BCUT2D eigenvalue weighted by Gasteiger charge is 2.33. The van der Waals surface area contributed by atoms with Crippen molar-refractivity contribution in [1.82, 2.24) is 0 Å². The van der Waals surface area contributed by atoms with Crippen molar-refractivity contribution in [2.24, 2.45) is 0 Å². The predicted molar refractivity (Wildman–Crippen MR) is 49.6 cm³/mol. The van der Waals surface area contributed by atoms with E-state index >= 15 is 0 Å². The Morgan fingerprint density at radius 1 is 1.38 bits per heavy atom. The maximum atomic E-state index is 11.1. The lowest BCUT2D eigenvalue weighted by atomic mass is 9.90. The molecule has 0 radical (unpaired) electrons. The van der Waals surface area contributed by atoms with Crippen molar-refractivity contribution < 1.29 is 9.53 Å². The van der Waals surface area contributed by atoms with Crippen LogP contribution in [0.5, 0.6) is 0 Å². The highest BCUT2D eigenvalue weighted by molar-refractivity contribution is 5.83. The lowest BCUT2D eigenvalue weighted by Gasteiger charge is -2.26. The molecule has 1 aliphatic heterocycles. The molecule has 68 valence electrons. The molecule has 1 saturated heterocycles. The van der Waals surface area contributed by atoms with E-state index in [0.717, 1.165) is 5.56 Å². The molecule has 0 N–H and O–H groups in total. The first-order valence-corrected chi connectivity index (χ1v) is 4.43. The average molecular weight is 176 g/mol. The van der Waals surface area contributed by atoms with Crippen LogP contribution in [-0.4, -0.2) is 12.6 Å². The summed E-state index contributed by atoms with van der Waals surface area (Å²) in [6.07, 6.45) is 0. The third kappa shape index (κ3) is 1.22. The monoisotopic (exact) mass is 176 g/mol. The van der Waals surface area contributed by atoms with Crippen LogP contribution in [-0.2, 0) is 9.53 Å². The number of esters is 1. The normalized spacial score (nSPS) is 20.8. The molecule has 0 spiro atoms. The summed E-state index contributed by atoms with van der Waals surface area (Å²) >= 11 is 0. The maximum Gasteiger partial charge on any atom is 0.316 e. The highest BCUT2D eigenvalue weighted by Crippen LogP contribution is 2.29. The zero-order chi connectivity index (χ0) is 9.42. The maximum absolute atomic E-state index is 11.1. The zero-order valence-electron chi connectivity index (χ0n) is 7.83. The number of hydrogen-bond donors (Lipinski definition) is 0. The van der Waals surface area contributed by atoms with Gasteiger partial charge in [-0.2, -0.15) is 0 Å². The van der Waals surface area contributed by atoms with Gasteiger partial charge in [0.05, 0.1) is 0 Å². The average Bonchev–Trinajstić information content (AvgIpc) is 2.10. The van der Waals surface area contributed by atoms with E-state index in [0.29, 0.717) is 6.61 Å². The SMILES string of the molecule is Cc1cccc(C2COC2=O)c1C. The highest BCUT2D eigenvalue weighted by atomic mass is 16.6. The van der Waals surface area contributed by atoms with E-state index in [9.17, 15) is 4.79 Å². The van der Waals surface area contributed by atoms with E-state index in [-0.39, 0.29) is 11.9 Å². The fourth-order valence-electron chi connectivity index (χ4n) is 1.60. The molecule has 2 rings (SSSR count). The molecule has 1 atom stereocenters. The second-order valence-electron chi connectivity index (χ2n) is 3.47. The van der Waals surface area contributed by atoms with Crippen molar-refractivity contribution in [1.29, 1.82) is 0 Å². The summed E-state index contributed by atoms with van der Waals surface area (Å²) in [4.78, 5) is 11.1. The van der Waals surface area contributed by atoms with Gasteiger partial charge < -0.3 is 4.74 Å². The minimum absolute atomic E-state index is 0.0140. The van der Waals surface area contributed by atoms with E-state index in [4.69, 9.17) is 4.74 Å². The Hall–Kier alpha value is -1.31. The zero-order valence-corrected chi connectivity index (χ0v) is 7.83. The molecule has 0 amide bonds. The number of carbonyl (C=O) groups is 1. The predicted octanol–water partition coefficient (Wildman–Crippen LogP) is 1.94. The van der Waals surface area contributed by atoms with Crippen LogP contribution >= 0.6 is 0 Å². The topological polar surface area (TPSA) is 26.3 Å². The number of carbonyl (C=O) groups excluding carboxylic acids is 1. The number of hydrogen-bond acceptors (Lipinski definition) is 2. The van der Waals surface area contributed by atoms with E-state index in [2.05, 4.69) is 19.9 Å². The van der Waals surface area contributed by atoms with E-state index in [1.807, 2.05) is 12.1 Å². The first kappa shape index (κ1) is 8.30. The molecule has 0 saturated carbocycles. The summed E-state index contributed by atoms with van der Waals surface area (Å²) in [7, 11) is 0. The number of ether oxygens (including phenoxy) is 1. The van der Waals surface area contributed by atoms with Gasteiger partial charge in [-0.1, -0.05) is 18.2 Å². The molecular weight excluding hydrogens is 164 g/mol. The second-order valence-corrected chi connectivity index (χ2v) is 3.47. The van der Waals surface area contributed by atoms with Crippen LogP contribution in [0.2, 0.25) is 0 Å². The summed E-state index contributed by atoms with van der Waals surface area (Å²) in [6.45, 7) is 4.65. The third-order valence-corrected chi connectivity index (χ3v) is 2.70. The van der Waals surface area contributed by atoms with Crippen LogP contribution in [0.15, 0.2) is 18.2 Å². The molecule has 0 aromatic heterocycles. The Morgan fingerprint density at radius 3 is 2.69 bits per heavy atom. The number of cyclic esters (lactones) is 1. The van der Waals surface area contributed by atoms with Gasteiger partial charge in [-0.3, -0.25) is 4.79 Å². The van der Waals surface area contributed by atoms with Crippen molar-refractivity contribution in [2.75, 3.05) is 6.61 Å². The lowest BCUT2D eigenvalue weighted by molar-refractivity contribution is -0.161. The Kier molecular flexibility index (Phi) is 1.83. The lowest BCUT2D eigenvalue weighted by Crippen LogP contribution is -2.32. The molecule has 1 aromatic carbocycles. The van der Waals surface area contributed by atoms with Gasteiger partial charge in [0, 0.05) is 0 Å². The summed E-state index contributed by atoms with van der Waals surface area (Å²) in [5.74, 6) is -0.103. The van der Waals surface area contributed by atoms with Crippen LogP contribution in [0.1, 0.15) is 22.6 Å². The Balaban J connectivity index is 2.40. The van der Waals surface area contributed by atoms with Crippen molar-refractivity contribution in [3.8, 4) is 0 Å². The number of rotatable bonds is 1. The Bertz CT molecular complexity index is 355. The standard InChI is InChI=1S/C11H12O2/c1-7-4-3-5-9(8(7)2)10-6-13-11(10)12/h3-5,10H,6H2,1-2H3. The van der Waals surface area contributed by atoms with Crippen molar-refractivity contribution in [3.63, 3.8) is 0 Å². The fourth-order valence-corrected chi connectivity index (χ4v) is 1.60. The van der Waals surface area contributed by atoms with Crippen LogP contribution in [0, 0.1) is 13.8 Å². The van der Waals surface area contributed by atoms with Gasteiger partial charge in [0.25, 0.3) is 0 Å². The second kappa shape index (κ2) is 2.87. The molecule has 1 heterocycles. The molecule has 13 heavy (non-hydrogen) atoms. The molecule has 2 heteroatoms. The van der Waals surface area contributed by atoms with E-state index in [1.165, 1.54) is 11.1 Å². The van der Waals surface area contributed by atoms with Gasteiger partial charge >= 0.3 is 5.97 Å². The smallest absolute Gasteiger partial charge is 0.316 e. The summed E-state index contributed by atoms with van der Waals surface area (Å²) in [5, 5.41) is 0. The van der Waals surface area contributed by atoms with Gasteiger partial charge in [-0.05, 0) is 30.5 Å². The number of aryl methyl sites for hydroxylation is 1. The molecule has 0 aliphatic carbocycles. The molecule has 1 unspecified atom stereocenters. The Morgan fingerprint density at radius 2 is 2.15 bits per heavy atom. The van der Waals surface area contributed by atoms with Gasteiger partial charge in [-0.25, -0.2) is 0 Å². The quantitative estimate of drug-likeness (QED) is 0.611. The van der Waals surface area contributed by atoms with Gasteiger partial charge in [0.2, 0.25) is 0 Å². The van der Waals surface area contributed by atoms with Gasteiger partial charge in [-0.15, -0.1) is 0 Å². The fraction of sp³-hybridized carbons (Fsp3) is 0.364.